The SMILES string of the molecule is CCn1ncc(C(O)c2cc(C(F)(F)F)nn2-c2ccc(F)cc2I)c1Br. The maximum Gasteiger partial charge on any atom is 0.435 e. The summed E-state index contributed by atoms with van der Waals surface area (Å²) in [7, 11) is 0. The number of aliphatic hydroxyl groups is 1. The highest BCUT2D eigenvalue weighted by atomic mass is 127. The number of nitrogens with zero attached hydrogens (tertiary/aromatic N) is 4. The molecule has 0 radical (unpaired) electrons. The van der Waals surface area contributed by atoms with Crippen LogP contribution < -0.4 is 0 Å². The van der Waals surface area contributed by atoms with Crippen LogP contribution in [-0.4, -0.2) is 24.7 Å². The summed E-state index contributed by atoms with van der Waals surface area (Å²) in [5, 5.41) is 18.4. The van der Waals surface area contributed by atoms with Crippen molar-refractivity contribution in [2.24, 2.45) is 0 Å². The highest BCUT2D eigenvalue weighted by molar-refractivity contribution is 14.1. The van der Waals surface area contributed by atoms with Crippen LogP contribution in [0.3, 0.4) is 0 Å². The van der Waals surface area contributed by atoms with Crippen molar-refractivity contribution in [3.8, 4) is 5.69 Å². The van der Waals surface area contributed by atoms with E-state index in [1.807, 2.05) is 6.92 Å². The van der Waals surface area contributed by atoms with Gasteiger partial charge in [-0.1, -0.05) is 0 Å². The fourth-order valence-corrected chi connectivity index (χ4v) is 3.89. The summed E-state index contributed by atoms with van der Waals surface area (Å²) in [6.07, 6.45) is -4.75. The summed E-state index contributed by atoms with van der Waals surface area (Å²) in [4.78, 5) is 0. The van der Waals surface area contributed by atoms with Crippen LogP contribution in [0.1, 0.15) is 30.0 Å². The third-order valence-electron chi connectivity index (χ3n) is 3.84. The quantitative estimate of drug-likeness (QED) is 0.373. The molecule has 2 aromatic heterocycles. The van der Waals surface area contributed by atoms with E-state index in [1.54, 1.807) is 27.3 Å². The molecule has 0 aliphatic carbocycles. The molecule has 3 aromatic rings. The predicted molar refractivity (Wildman–Crippen MR) is 101 cm³/mol. The molecule has 5 nitrogen and oxygen atoms in total. The Bertz CT molecular complexity index is 985. The molecule has 144 valence electrons. The Kier molecular flexibility index (Phi) is 5.64. The highest BCUT2D eigenvalue weighted by Gasteiger charge is 2.37. The minimum atomic E-state index is -4.70. The summed E-state index contributed by atoms with van der Waals surface area (Å²) in [5.74, 6) is -0.527. The molecular formula is C16H12BrF4IN4O. The summed E-state index contributed by atoms with van der Waals surface area (Å²) in [5.41, 5.74) is -0.747. The number of aliphatic hydroxyl groups excluding tert-OH is 1. The van der Waals surface area contributed by atoms with Crippen molar-refractivity contribution in [3.05, 3.63) is 61.4 Å². The number of alkyl halides is 3. The third-order valence-corrected chi connectivity index (χ3v) is 5.57. The molecule has 1 unspecified atom stereocenters. The minimum Gasteiger partial charge on any atom is -0.382 e. The van der Waals surface area contributed by atoms with Crippen LogP contribution in [0.25, 0.3) is 5.69 Å². The second kappa shape index (κ2) is 7.51. The van der Waals surface area contributed by atoms with Gasteiger partial charge in [0.25, 0.3) is 0 Å². The van der Waals surface area contributed by atoms with Gasteiger partial charge in [0, 0.05) is 15.7 Å². The largest absolute Gasteiger partial charge is 0.435 e. The van der Waals surface area contributed by atoms with Gasteiger partial charge in [-0.15, -0.1) is 0 Å². The van der Waals surface area contributed by atoms with Crippen molar-refractivity contribution in [2.45, 2.75) is 25.7 Å². The maximum absolute atomic E-state index is 13.4. The number of halogens is 6. The Hall–Kier alpha value is -1.47. The molecule has 0 saturated carbocycles. The molecule has 27 heavy (non-hydrogen) atoms. The lowest BCUT2D eigenvalue weighted by Crippen LogP contribution is -2.11. The standard InChI is InChI=1S/C16H12BrF4IN4O/c1-2-25-15(17)9(7-23-25)14(27)12-6-13(16(19,20)21)24-26(12)11-4-3-8(18)5-10(11)22/h3-7,14,27H,2H2,1H3. The average Bonchev–Trinajstić information content (AvgIpc) is 3.18. The summed E-state index contributed by atoms with van der Waals surface area (Å²) < 4.78 is 56.4. The fourth-order valence-electron chi connectivity index (χ4n) is 2.52. The van der Waals surface area contributed by atoms with E-state index in [9.17, 15) is 22.7 Å². The summed E-state index contributed by atoms with van der Waals surface area (Å²) in [6.45, 7) is 2.34. The maximum atomic E-state index is 13.4. The van der Waals surface area contributed by atoms with E-state index in [1.165, 1.54) is 18.3 Å². The molecule has 0 saturated heterocycles. The number of benzene rings is 1. The zero-order valence-corrected chi connectivity index (χ0v) is 17.4. The number of hydrogen-bond donors (Lipinski definition) is 1. The molecule has 0 amide bonds. The first kappa shape index (κ1) is 20.3. The molecule has 3 rings (SSSR count). The van der Waals surface area contributed by atoms with Crippen molar-refractivity contribution in [3.63, 3.8) is 0 Å². The van der Waals surface area contributed by atoms with Crippen molar-refractivity contribution in [1.82, 2.24) is 19.6 Å². The molecule has 0 aliphatic rings. The second-order valence-corrected chi connectivity index (χ2v) is 7.48. The van der Waals surface area contributed by atoms with Crippen LogP contribution >= 0.6 is 38.5 Å². The van der Waals surface area contributed by atoms with Crippen LogP contribution in [-0.2, 0) is 12.7 Å². The van der Waals surface area contributed by atoms with Gasteiger partial charge in [-0.25, -0.2) is 9.07 Å². The van der Waals surface area contributed by atoms with Crippen molar-refractivity contribution < 1.29 is 22.7 Å². The lowest BCUT2D eigenvalue weighted by atomic mass is 10.1. The monoisotopic (exact) mass is 558 g/mol. The van der Waals surface area contributed by atoms with Crippen LogP contribution in [0.2, 0.25) is 0 Å². The first-order valence-corrected chi connectivity index (χ1v) is 9.52. The van der Waals surface area contributed by atoms with Gasteiger partial charge < -0.3 is 5.11 Å². The van der Waals surface area contributed by atoms with E-state index in [0.29, 0.717) is 20.3 Å². The molecule has 1 aromatic carbocycles. The molecular weight excluding hydrogens is 547 g/mol. The molecule has 0 bridgehead atoms. The van der Waals surface area contributed by atoms with Crippen LogP contribution in [0.15, 0.2) is 35.1 Å². The van der Waals surface area contributed by atoms with E-state index in [2.05, 4.69) is 26.1 Å². The lowest BCUT2D eigenvalue weighted by molar-refractivity contribution is -0.141. The second-order valence-electron chi connectivity index (χ2n) is 5.57. The number of hydrogen-bond acceptors (Lipinski definition) is 3. The van der Waals surface area contributed by atoms with Crippen LogP contribution in [0.5, 0.6) is 0 Å². The van der Waals surface area contributed by atoms with Gasteiger partial charge in [-0.2, -0.15) is 23.4 Å². The van der Waals surface area contributed by atoms with Crippen molar-refractivity contribution in [2.75, 3.05) is 0 Å². The van der Waals surface area contributed by atoms with E-state index in [0.717, 1.165) is 16.8 Å². The molecule has 0 aliphatic heterocycles. The Labute approximate surface area is 173 Å². The average molecular weight is 559 g/mol. The first-order chi connectivity index (χ1) is 12.6. The lowest BCUT2D eigenvalue weighted by Gasteiger charge is -2.14. The topological polar surface area (TPSA) is 55.9 Å². The van der Waals surface area contributed by atoms with E-state index in [4.69, 9.17) is 0 Å². The summed E-state index contributed by atoms with van der Waals surface area (Å²) in [6, 6.07) is 4.38. The molecule has 0 fully saturated rings. The first-order valence-electron chi connectivity index (χ1n) is 7.65. The molecule has 2 heterocycles. The number of rotatable bonds is 4. The van der Waals surface area contributed by atoms with E-state index in [-0.39, 0.29) is 11.4 Å². The van der Waals surface area contributed by atoms with E-state index < -0.39 is 23.8 Å². The number of aryl methyl sites for hydroxylation is 1. The Morgan fingerprint density at radius 1 is 1.30 bits per heavy atom. The third kappa shape index (κ3) is 3.90. The predicted octanol–water partition coefficient (Wildman–Crippen LogP) is 4.70. The molecule has 1 N–H and O–H groups in total. The van der Waals surface area contributed by atoms with Gasteiger partial charge in [0.2, 0.25) is 0 Å². The van der Waals surface area contributed by atoms with Gasteiger partial charge in [0.15, 0.2) is 5.69 Å². The van der Waals surface area contributed by atoms with Gasteiger partial charge in [0.1, 0.15) is 16.5 Å². The van der Waals surface area contributed by atoms with Gasteiger partial charge in [-0.05, 0) is 69.7 Å². The Balaban J connectivity index is 2.18. The minimum absolute atomic E-state index is 0.108. The molecule has 0 spiro atoms. The Morgan fingerprint density at radius 2 is 2.00 bits per heavy atom. The van der Waals surface area contributed by atoms with E-state index >= 15 is 0 Å². The zero-order chi connectivity index (χ0) is 19.9. The Morgan fingerprint density at radius 3 is 2.56 bits per heavy atom. The molecule has 1 atom stereocenters. The van der Waals surface area contributed by atoms with Crippen LogP contribution in [0.4, 0.5) is 17.6 Å². The van der Waals surface area contributed by atoms with Gasteiger partial charge in [-0.3, -0.25) is 4.68 Å². The fraction of sp³-hybridized carbons (Fsp3) is 0.250. The summed E-state index contributed by atoms with van der Waals surface area (Å²) >= 11 is 5.10. The molecule has 11 heteroatoms. The van der Waals surface area contributed by atoms with Crippen molar-refractivity contribution in [1.29, 1.82) is 0 Å². The highest BCUT2D eigenvalue weighted by Crippen LogP contribution is 2.35. The normalized spacial score (nSPS) is 13.2. The van der Waals surface area contributed by atoms with Crippen LogP contribution in [0, 0.1) is 9.39 Å². The van der Waals surface area contributed by atoms with Gasteiger partial charge >= 0.3 is 6.18 Å². The van der Waals surface area contributed by atoms with Crippen molar-refractivity contribution >= 4 is 38.5 Å². The van der Waals surface area contributed by atoms with Gasteiger partial charge in [0.05, 0.1) is 17.6 Å². The smallest absolute Gasteiger partial charge is 0.382 e. The zero-order valence-electron chi connectivity index (χ0n) is 13.7. The number of aromatic nitrogens is 4.